The molecule has 1 saturated carbocycles. The van der Waals surface area contributed by atoms with Crippen LogP contribution in [0.2, 0.25) is 0 Å². The molecule has 1 aromatic rings. The average Bonchev–Trinajstić information content (AvgIpc) is 2.80. The lowest BCUT2D eigenvalue weighted by Crippen LogP contribution is -2.40. The highest BCUT2D eigenvalue weighted by Crippen LogP contribution is 2.59. The smallest absolute Gasteiger partial charge is 0.128 e. The molecule has 1 aromatic carbocycles. The first kappa shape index (κ1) is 11.1. The van der Waals surface area contributed by atoms with Gasteiger partial charge in [0, 0.05) is 0 Å². The van der Waals surface area contributed by atoms with Crippen molar-refractivity contribution in [3.05, 3.63) is 41.5 Å². The fraction of sp³-hybridized carbons (Fsp3) is 0.385. The van der Waals surface area contributed by atoms with Crippen LogP contribution in [0.4, 0.5) is 0 Å². The highest BCUT2D eigenvalue weighted by Gasteiger charge is 2.71. The molecule has 0 spiro atoms. The minimum Gasteiger partial charge on any atom is -0.315 e. The third kappa shape index (κ3) is 1.08. The van der Waals surface area contributed by atoms with E-state index in [9.17, 15) is 4.79 Å². The van der Waals surface area contributed by atoms with E-state index < -0.39 is 11.1 Å². The summed E-state index contributed by atoms with van der Waals surface area (Å²) in [6.07, 6.45) is 0. The molecule has 3 nitrogen and oxygen atoms in total. The van der Waals surface area contributed by atoms with Crippen molar-refractivity contribution in [1.82, 2.24) is 4.90 Å². The Morgan fingerprint density at radius 2 is 1.81 bits per heavy atom. The maximum atomic E-state index is 11.0. The summed E-state index contributed by atoms with van der Waals surface area (Å²) in [5, 5.41) is 0. The number of nitrogens with zero attached hydrogens (tertiary/aromatic N) is 1. The third-order valence-corrected chi connectivity index (χ3v) is 3.81. The number of likely N-dealkylation sites (N-methyl/N-ethyl adjacent to an activating group) is 1. The zero-order valence-corrected chi connectivity index (χ0v) is 9.82. The van der Waals surface area contributed by atoms with Crippen molar-refractivity contribution in [2.75, 3.05) is 14.1 Å². The summed E-state index contributed by atoms with van der Waals surface area (Å²) in [5.74, 6) is 2.00. The first-order valence-corrected chi connectivity index (χ1v) is 5.27. The van der Waals surface area contributed by atoms with Crippen molar-refractivity contribution in [3.8, 4) is 0 Å². The first-order chi connectivity index (χ1) is 7.49. The number of hydrogen-bond donors (Lipinski definition) is 1. The molecule has 84 valence electrons. The average molecular weight is 216 g/mol. The number of carbonyl (C=O) groups excluding carboxylic acids is 1. The number of rotatable bonds is 2. The zero-order valence-electron chi connectivity index (χ0n) is 9.82. The molecule has 2 unspecified atom stereocenters. The lowest BCUT2D eigenvalue weighted by atomic mass is 10.0. The highest BCUT2D eigenvalue weighted by atomic mass is 16.1. The van der Waals surface area contributed by atoms with Crippen molar-refractivity contribution in [2.24, 2.45) is 5.73 Å². The molecule has 1 fully saturated rings. The summed E-state index contributed by atoms with van der Waals surface area (Å²) < 4.78 is 0. The van der Waals surface area contributed by atoms with Crippen LogP contribution in [0.25, 0.3) is 0 Å². The van der Waals surface area contributed by atoms with Crippen molar-refractivity contribution < 1.29 is 4.79 Å². The largest absolute Gasteiger partial charge is 0.315 e. The van der Waals surface area contributed by atoms with Crippen LogP contribution in [0.1, 0.15) is 12.5 Å². The van der Waals surface area contributed by atoms with E-state index in [0.29, 0.717) is 5.57 Å². The molecule has 2 atom stereocenters. The van der Waals surface area contributed by atoms with E-state index in [1.807, 2.05) is 62.2 Å². The molecule has 0 heterocycles. The summed E-state index contributed by atoms with van der Waals surface area (Å²) >= 11 is 0. The zero-order chi connectivity index (χ0) is 12.0. The molecule has 0 amide bonds. The van der Waals surface area contributed by atoms with E-state index in [1.165, 1.54) is 0 Å². The van der Waals surface area contributed by atoms with Crippen LogP contribution in [0, 0.1) is 0 Å². The topological polar surface area (TPSA) is 46.3 Å². The second kappa shape index (κ2) is 3.29. The summed E-state index contributed by atoms with van der Waals surface area (Å²) in [6, 6.07) is 9.70. The Balaban J connectivity index is 2.54. The van der Waals surface area contributed by atoms with Gasteiger partial charge in [0.1, 0.15) is 5.94 Å². The Bertz CT molecular complexity index is 462. The van der Waals surface area contributed by atoms with Gasteiger partial charge < -0.3 is 5.73 Å². The summed E-state index contributed by atoms with van der Waals surface area (Å²) in [4.78, 5) is 13.0. The molecule has 1 aliphatic rings. The third-order valence-electron chi connectivity index (χ3n) is 3.81. The second-order valence-corrected chi connectivity index (χ2v) is 4.62. The minimum atomic E-state index is -0.695. The van der Waals surface area contributed by atoms with Gasteiger partial charge in [-0.25, -0.2) is 4.79 Å². The lowest BCUT2D eigenvalue weighted by molar-refractivity contribution is 0.264. The Morgan fingerprint density at radius 1 is 1.25 bits per heavy atom. The van der Waals surface area contributed by atoms with Crippen LogP contribution in [0.5, 0.6) is 0 Å². The van der Waals surface area contributed by atoms with E-state index in [4.69, 9.17) is 5.73 Å². The van der Waals surface area contributed by atoms with Gasteiger partial charge in [0.15, 0.2) is 0 Å². The first-order valence-electron chi connectivity index (χ1n) is 5.27. The molecule has 3 heteroatoms. The second-order valence-electron chi connectivity index (χ2n) is 4.62. The van der Waals surface area contributed by atoms with Crippen molar-refractivity contribution in [1.29, 1.82) is 0 Å². The standard InChI is InChI=1S/C13H16N2O/c1-12(15(2)3)11(9-16)13(12,14)10-7-5-4-6-8-10/h4-8H,14H2,1-3H3. The van der Waals surface area contributed by atoms with E-state index >= 15 is 0 Å². The van der Waals surface area contributed by atoms with Gasteiger partial charge in [-0.15, -0.1) is 0 Å². The Labute approximate surface area is 95.6 Å². The molecule has 0 radical (unpaired) electrons. The molecule has 0 saturated heterocycles. The molecule has 0 aliphatic heterocycles. The molecule has 2 N–H and O–H groups in total. The van der Waals surface area contributed by atoms with Crippen molar-refractivity contribution >= 4 is 5.94 Å². The molecular formula is C13H16N2O. The maximum Gasteiger partial charge on any atom is 0.128 e. The Kier molecular flexibility index (Phi) is 2.28. The van der Waals surface area contributed by atoms with Gasteiger partial charge in [0.05, 0.1) is 16.7 Å². The monoisotopic (exact) mass is 216 g/mol. The van der Waals surface area contributed by atoms with Crippen LogP contribution in [-0.2, 0) is 10.3 Å². The van der Waals surface area contributed by atoms with Gasteiger partial charge in [-0.3, -0.25) is 4.90 Å². The number of nitrogens with two attached hydrogens (primary N) is 1. The van der Waals surface area contributed by atoms with Crippen LogP contribution >= 0.6 is 0 Å². The van der Waals surface area contributed by atoms with Gasteiger partial charge in [-0.1, -0.05) is 30.3 Å². The molecule has 2 rings (SSSR count). The molecule has 0 bridgehead atoms. The predicted molar refractivity (Wildman–Crippen MR) is 63.6 cm³/mol. The Morgan fingerprint density at radius 3 is 2.19 bits per heavy atom. The van der Waals surface area contributed by atoms with Gasteiger partial charge in [0.2, 0.25) is 0 Å². The summed E-state index contributed by atoms with van der Waals surface area (Å²) in [7, 11) is 3.85. The fourth-order valence-electron chi connectivity index (χ4n) is 2.42. The van der Waals surface area contributed by atoms with Gasteiger partial charge in [-0.2, -0.15) is 0 Å². The normalized spacial score (nSPS) is 32.7. The summed E-state index contributed by atoms with van der Waals surface area (Å²) in [5.41, 5.74) is 6.83. The molecular weight excluding hydrogens is 200 g/mol. The maximum absolute atomic E-state index is 11.0. The fourth-order valence-corrected chi connectivity index (χ4v) is 2.42. The van der Waals surface area contributed by atoms with Crippen LogP contribution < -0.4 is 5.73 Å². The number of benzene rings is 1. The molecule has 16 heavy (non-hydrogen) atoms. The SMILES string of the molecule is CN(C)C1(C)C(=C=O)C1(N)c1ccccc1. The van der Waals surface area contributed by atoms with Crippen molar-refractivity contribution in [3.63, 3.8) is 0 Å². The molecule has 1 aliphatic carbocycles. The van der Waals surface area contributed by atoms with Gasteiger partial charge in [0.25, 0.3) is 0 Å². The van der Waals surface area contributed by atoms with E-state index in [-0.39, 0.29) is 0 Å². The van der Waals surface area contributed by atoms with E-state index in [2.05, 4.69) is 0 Å². The summed E-state index contributed by atoms with van der Waals surface area (Å²) in [6.45, 7) is 1.97. The Hall–Kier alpha value is -1.41. The van der Waals surface area contributed by atoms with Gasteiger partial charge in [-0.05, 0) is 26.6 Å². The van der Waals surface area contributed by atoms with Gasteiger partial charge >= 0.3 is 0 Å². The van der Waals surface area contributed by atoms with Crippen LogP contribution in [0.15, 0.2) is 35.9 Å². The van der Waals surface area contributed by atoms with Crippen LogP contribution in [0.3, 0.4) is 0 Å². The van der Waals surface area contributed by atoms with Crippen molar-refractivity contribution in [2.45, 2.75) is 18.0 Å². The number of hydrogen-bond acceptors (Lipinski definition) is 3. The van der Waals surface area contributed by atoms with Crippen LogP contribution in [-0.4, -0.2) is 30.5 Å². The van der Waals surface area contributed by atoms with E-state index in [1.54, 1.807) is 0 Å². The molecule has 0 aromatic heterocycles. The minimum absolute atomic E-state index is 0.421. The van der Waals surface area contributed by atoms with E-state index in [0.717, 1.165) is 5.56 Å². The quantitative estimate of drug-likeness (QED) is 0.748. The lowest BCUT2D eigenvalue weighted by Gasteiger charge is -2.24. The highest BCUT2D eigenvalue weighted by molar-refractivity contribution is 5.77. The predicted octanol–water partition coefficient (Wildman–Crippen LogP) is 0.932.